The third-order valence-corrected chi connectivity index (χ3v) is 3.40. The van der Waals surface area contributed by atoms with E-state index in [1.54, 1.807) is 0 Å². The molecule has 1 aromatic rings. The number of rotatable bonds is 5. The third-order valence-electron chi connectivity index (χ3n) is 3.40. The van der Waals surface area contributed by atoms with E-state index in [9.17, 15) is 0 Å². The standard InChI is InChI=1S/C14H23N3O/c1-3-6-15-14(12-5-4-7-18-10-12)13-9-16-11(2)8-17-13/h8-9,12,14-15H,3-7,10H2,1-2H3. The normalized spacial score (nSPS) is 21.8. The van der Waals surface area contributed by atoms with Crippen molar-refractivity contribution in [2.75, 3.05) is 19.8 Å². The molecular weight excluding hydrogens is 226 g/mol. The number of nitrogens with zero attached hydrogens (tertiary/aromatic N) is 2. The highest BCUT2D eigenvalue weighted by molar-refractivity contribution is 5.07. The van der Waals surface area contributed by atoms with Crippen LogP contribution in [0.25, 0.3) is 0 Å². The predicted octanol–water partition coefficient (Wildman–Crippen LogP) is 2.25. The zero-order valence-corrected chi connectivity index (χ0v) is 11.4. The third kappa shape index (κ3) is 3.50. The maximum atomic E-state index is 5.60. The van der Waals surface area contributed by atoms with E-state index in [-0.39, 0.29) is 6.04 Å². The van der Waals surface area contributed by atoms with Gasteiger partial charge in [0.1, 0.15) is 0 Å². The lowest BCUT2D eigenvalue weighted by Crippen LogP contribution is -2.34. The molecule has 18 heavy (non-hydrogen) atoms. The quantitative estimate of drug-likeness (QED) is 0.869. The van der Waals surface area contributed by atoms with Crippen LogP contribution in [0.4, 0.5) is 0 Å². The van der Waals surface area contributed by atoms with Crippen LogP contribution in [0.2, 0.25) is 0 Å². The Balaban J connectivity index is 2.10. The fraction of sp³-hybridized carbons (Fsp3) is 0.714. The van der Waals surface area contributed by atoms with E-state index in [1.165, 1.54) is 6.42 Å². The van der Waals surface area contributed by atoms with Gasteiger partial charge in [0.15, 0.2) is 0 Å². The van der Waals surface area contributed by atoms with Crippen molar-refractivity contribution in [1.29, 1.82) is 0 Å². The van der Waals surface area contributed by atoms with E-state index in [0.717, 1.165) is 44.0 Å². The van der Waals surface area contributed by atoms with Crippen LogP contribution in [0.1, 0.15) is 43.6 Å². The second-order valence-corrected chi connectivity index (χ2v) is 4.99. The number of ether oxygens (including phenoxy) is 1. The van der Waals surface area contributed by atoms with Gasteiger partial charge in [-0.2, -0.15) is 0 Å². The summed E-state index contributed by atoms with van der Waals surface area (Å²) in [5, 5.41) is 3.59. The van der Waals surface area contributed by atoms with Gasteiger partial charge < -0.3 is 10.1 Å². The van der Waals surface area contributed by atoms with Crippen molar-refractivity contribution in [3.63, 3.8) is 0 Å². The van der Waals surface area contributed by atoms with E-state index in [1.807, 2.05) is 19.3 Å². The van der Waals surface area contributed by atoms with Crippen molar-refractivity contribution < 1.29 is 4.74 Å². The van der Waals surface area contributed by atoms with Crippen LogP contribution >= 0.6 is 0 Å². The fourth-order valence-electron chi connectivity index (χ4n) is 2.40. The van der Waals surface area contributed by atoms with Gasteiger partial charge in [-0.05, 0) is 32.7 Å². The molecule has 4 nitrogen and oxygen atoms in total. The van der Waals surface area contributed by atoms with Gasteiger partial charge in [-0.25, -0.2) is 0 Å². The molecular formula is C14H23N3O. The molecule has 0 bridgehead atoms. The van der Waals surface area contributed by atoms with Crippen LogP contribution in [0, 0.1) is 12.8 Å². The highest BCUT2D eigenvalue weighted by atomic mass is 16.5. The van der Waals surface area contributed by atoms with E-state index in [4.69, 9.17) is 4.74 Å². The van der Waals surface area contributed by atoms with Gasteiger partial charge in [-0.1, -0.05) is 6.92 Å². The first-order valence-electron chi connectivity index (χ1n) is 6.91. The summed E-state index contributed by atoms with van der Waals surface area (Å²) in [7, 11) is 0. The second-order valence-electron chi connectivity index (χ2n) is 4.99. The molecule has 2 atom stereocenters. The van der Waals surface area contributed by atoms with Gasteiger partial charge in [0.05, 0.1) is 30.2 Å². The minimum absolute atomic E-state index is 0.276. The number of nitrogens with one attached hydrogen (secondary N) is 1. The maximum Gasteiger partial charge on any atom is 0.0760 e. The molecule has 0 saturated carbocycles. The van der Waals surface area contributed by atoms with Crippen LogP contribution in [0.15, 0.2) is 12.4 Å². The first-order chi connectivity index (χ1) is 8.81. The molecule has 0 aliphatic carbocycles. The van der Waals surface area contributed by atoms with Crippen molar-refractivity contribution in [2.24, 2.45) is 5.92 Å². The first kappa shape index (κ1) is 13.4. The molecule has 1 aliphatic rings. The highest BCUT2D eigenvalue weighted by Crippen LogP contribution is 2.27. The lowest BCUT2D eigenvalue weighted by Gasteiger charge is -2.30. The summed E-state index contributed by atoms with van der Waals surface area (Å²) < 4.78 is 5.60. The van der Waals surface area contributed by atoms with Crippen LogP contribution in [0.3, 0.4) is 0 Å². The average Bonchev–Trinajstić information content (AvgIpc) is 2.42. The van der Waals surface area contributed by atoms with Crippen molar-refractivity contribution in [1.82, 2.24) is 15.3 Å². The van der Waals surface area contributed by atoms with Gasteiger partial charge in [0, 0.05) is 18.7 Å². The van der Waals surface area contributed by atoms with Crippen LogP contribution in [-0.4, -0.2) is 29.7 Å². The van der Waals surface area contributed by atoms with Crippen LogP contribution in [-0.2, 0) is 4.74 Å². The SMILES string of the molecule is CCCNC(c1cnc(C)cn1)C1CCCOC1. The van der Waals surface area contributed by atoms with Crippen LogP contribution < -0.4 is 5.32 Å². The molecule has 1 fully saturated rings. The van der Waals surface area contributed by atoms with E-state index in [2.05, 4.69) is 22.2 Å². The molecule has 1 aromatic heterocycles. The summed E-state index contributed by atoms with van der Waals surface area (Å²) in [6.07, 6.45) is 7.23. The van der Waals surface area contributed by atoms with E-state index < -0.39 is 0 Å². The molecule has 4 heteroatoms. The molecule has 0 amide bonds. The Kier molecular flexibility index (Phi) is 5.08. The van der Waals surface area contributed by atoms with Gasteiger partial charge in [-0.15, -0.1) is 0 Å². The van der Waals surface area contributed by atoms with Gasteiger partial charge in [-0.3, -0.25) is 9.97 Å². The lowest BCUT2D eigenvalue weighted by atomic mass is 9.91. The zero-order chi connectivity index (χ0) is 12.8. The molecule has 0 radical (unpaired) electrons. The maximum absolute atomic E-state index is 5.60. The summed E-state index contributed by atoms with van der Waals surface area (Å²) >= 11 is 0. The average molecular weight is 249 g/mol. The molecule has 1 aliphatic heterocycles. The smallest absolute Gasteiger partial charge is 0.0760 e. The zero-order valence-electron chi connectivity index (χ0n) is 11.4. The monoisotopic (exact) mass is 249 g/mol. The van der Waals surface area contributed by atoms with Crippen molar-refractivity contribution in [2.45, 2.75) is 39.2 Å². The number of hydrogen-bond acceptors (Lipinski definition) is 4. The Hall–Kier alpha value is -1.00. The van der Waals surface area contributed by atoms with Crippen molar-refractivity contribution in [3.05, 3.63) is 23.8 Å². The lowest BCUT2D eigenvalue weighted by molar-refractivity contribution is 0.0383. The molecule has 1 saturated heterocycles. The Morgan fingerprint density at radius 3 is 2.94 bits per heavy atom. The predicted molar refractivity (Wildman–Crippen MR) is 71.3 cm³/mol. The van der Waals surface area contributed by atoms with Crippen LogP contribution in [0.5, 0.6) is 0 Å². The Morgan fingerprint density at radius 1 is 1.44 bits per heavy atom. The van der Waals surface area contributed by atoms with Gasteiger partial charge >= 0.3 is 0 Å². The molecule has 2 unspecified atom stereocenters. The second kappa shape index (κ2) is 6.81. The minimum atomic E-state index is 0.276. The van der Waals surface area contributed by atoms with Gasteiger partial charge in [0.2, 0.25) is 0 Å². The number of aromatic nitrogens is 2. The van der Waals surface area contributed by atoms with Crippen molar-refractivity contribution >= 4 is 0 Å². The van der Waals surface area contributed by atoms with Gasteiger partial charge in [0.25, 0.3) is 0 Å². The first-order valence-corrected chi connectivity index (χ1v) is 6.91. The molecule has 100 valence electrons. The van der Waals surface area contributed by atoms with E-state index in [0.29, 0.717) is 5.92 Å². The summed E-state index contributed by atoms with van der Waals surface area (Å²) in [5.41, 5.74) is 2.01. The molecule has 1 N–H and O–H groups in total. The summed E-state index contributed by atoms with van der Waals surface area (Å²) in [5.74, 6) is 0.516. The summed E-state index contributed by atoms with van der Waals surface area (Å²) in [6, 6.07) is 0.276. The molecule has 2 heterocycles. The molecule has 0 spiro atoms. The molecule has 2 rings (SSSR count). The Morgan fingerprint density at radius 2 is 2.33 bits per heavy atom. The van der Waals surface area contributed by atoms with Crippen molar-refractivity contribution in [3.8, 4) is 0 Å². The minimum Gasteiger partial charge on any atom is -0.381 e. The largest absolute Gasteiger partial charge is 0.381 e. The van der Waals surface area contributed by atoms with E-state index >= 15 is 0 Å². The Labute approximate surface area is 109 Å². The molecule has 0 aromatic carbocycles. The topological polar surface area (TPSA) is 47.0 Å². The summed E-state index contributed by atoms with van der Waals surface area (Å²) in [4.78, 5) is 8.89. The highest BCUT2D eigenvalue weighted by Gasteiger charge is 2.26. The number of aryl methyl sites for hydroxylation is 1. The fourth-order valence-corrected chi connectivity index (χ4v) is 2.40. The Bertz CT molecular complexity index is 347. The summed E-state index contributed by atoms with van der Waals surface area (Å²) in [6.45, 7) is 6.89. The number of hydrogen-bond donors (Lipinski definition) is 1.